The minimum Gasteiger partial charge on any atom is -0.361 e. The van der Waals surface area contributed by atoms with Crippen molar-refractivity contribution in [2.24, 2.45) is 0 Å². The van der Waals surface area contributed by atoms with Gasteiger partial charge in [0.15, 0.2) is 0 Å². The molecule has 1 saturated heterocycles. The smallest absolute Gasteiger partial charge is 0.255 e. The summed E-state index contributed by atoms with van der Waals surface area (Å²) in [6, 6.07) is 13.4. The van der Waals surface area contributed by atoms with Crippen molar-refractivity contribution in [1.29, 1.82) is 0 Å². The number of aryl methyl sites for hydroxylation is 1. The number of nitrogens with one attached hydrogen (secondary N) is 2. The maximum Gasteiger partial charge on any atom is 0.255 e. The van der Waals surface area contributed by atoms with Crippen molar-refractivity contribution in [2.45, 2.75) is 13.3 Å². The Morgan fingerprint density at radius 3 is 2.84 bits per heavy atom. The Morgan fingerprint density at radius 2 is 2.08 bits per heavy atom. The number of anilines is 2. The monoisotopic (exact) mass is 353 g/mol. The van der Waals surface area contributed by atoms with E-state index in [0.717, 1.165) is 40.8 Å². The molecular weight excluding hydrogens is 334 g/mol. The van der Waals surface area contributed by atoms with Crippen LogP contribution in [0.25, 0.3) is 10.9 Å². The number of H-pyrrole nitrogens is 1. The number of hydrogen-bond acceptors (Lipinski definition) is 2. The van der Waals surface area contributed by atoms with Crippen molar-refractivity contribution in [3.05, 3.63) is 59.8 Å². The van der Waals surface area contributed by atoms with Crippen molar-refractivity contribution in [2.75, 3.05) is 21.9 Å². The third-order valence-electron chi connectivity index (χ3n) is 4.48. The van der Waals surface area contributed by atoms with Crippen LogP contribution < -0.4 is 9.62 Å². The van der Waals surface area contributed by atoms with E-state index in [-0.39, 0.29) is 5.91 Å². The summed E-state index contributed by atoms with van der Waals surface area (Å²) in [5.74, 6) is 0.570. The number of rotatable bonds is 3. The van der Waals surface area contributed by atoms with Crippen LogP contribution in [0.1, 0.15) is 22.3 Å². The van der Waals surface area contributed by atoms with E-state index in [0.29, 0.717) is 11.3 Å². The van der Waals surface area contributed by atoms with E-state index >= 15 is 0 Å². The van der Waals surface area contributed by atoms with Gasteiger partial charge >= 0.3 is 0 Å². The topological polar surface area (TPSA) is 65.2 Å². The maximum absolute atomic E-state index is 12.6. The van der Waals surface area contributed by atoms with Gasteiger partial charge in [0, 0.05) is 40.9 Å². The first-order valence-corrected chi connectivity index (χ1v) is 9.54. The summed E-state index contributed by atoms with van der Waals surface area (Å²) >= 11 is 0. The molecule has 1 atom stereocenters. The second kappa shape index (κ2) is 6.37. The summed E-state index contributed by atoms with van der Waals surface area (Å²) in [4.78, 5) is 15.8. The van der Waals surface area contributed by atoms with E-state index in [4.69, 9.17) is 0 Å². The Labute approximate surface area is 148 Å². The predicted molar refractivity (Wildman–Crippen MR) is 102 cm³/mol. The Kier molecular flexibility index (Phi) is 4.05. The molecule has 0 saturated carbocycles. The highest BCUT2D eigenvalue weighted by atomic mass is 32.2. The largest absolute Gasteiger partial charge is 0.361 e. The number of carbonyl (C=O) groups excluding carboxylic acids is 1. The molecule has 5 nitrogen and oxygen atoms in total. The van der Waals surface area contributed by atoms with Crippen molar-refractivity contribution in [1.82, 2.24) is 4.98 Å². The molecule has 4 rings (SSSR count). The molecule has 0 radical (unpaired) electrons. The number of fused-ring (bicyclic) bond motifs is 1. The second-order valence-electron chi connectivity index (χ2n) is 6.21. The highest BCUT2D eigenvalue weighted by Crippen LogP contribution is 2.25. The maximum atomic E-state index is 12.6. The Morgan fingerprint density at radius 1 is 1.20 bits per heavy atom. The zero-order chi connectivity index (χ0) is 17.4. The molecule has 1 aliphatic rings. The van der Waals surface area contributed by atoms with E-state index in [1.54, 1.807) is 0 Å². The van der Waals surface area contributed by atoms with E-state index in [2.05, 4.69) is 10.3 Å². The second-order valence-corrected chi connectivity index (χ2v) is 7.71. The summed E-state index contributed by atoms with van der Waals surface area (Å²) in [5, 5.41) is 4.05. The Balaban J connectivity index is 1.56. The fraction of sp³-hybridized carbons (Fsp3) is 0.211. The van der Waals surface area contributed by atoms with Gasteiger partial charge in [-0.1, -0.05) is 6.07 Å². The fourth-order valence-electron chi connectivity index (χ4n) is 3.17. The van der Waals surface area contributed by atoms with Gasteiger partial charge in [0.25, 0.3) is 5.91 Å². The van der Waals surface area contributed by atoms with Gasteiger partial charge in [-0.15, -0.1) is 0 Å². The van der Waals surface area contributed by atoms with Crippen LogP contribution in [-0.4, -0.2) is 27.4 Å². The van der Waals surface area contributed by atoms with Gasteiger partial charge in [0.1, 0.15) is 11.0 Å². The van der Waals surface area contributed by atoms with Gasteiger partial charge in [-0.25, -0.2) is 4.21 Å². The predicted octanol–water partition coefficient (Wildman–Crippen LogP) is 3.60. The molecule has 3 aromatic rings. The van der Waals surface area contributed by atoms with Gasteiger partial charge in [-0.05, 0) is 60.7 Å². The molecule has 1 aliphatic heterocycles. The third-order valence-corrected chi connectivity index (χ3v) is 6.00. The highest BCUT2D eigenvalue weighted by Gasteiger charge is 2.21. The summed E-state index contributed by atoms with van der Waals surface area (Å²) in [6.45, 7) is 2.71. The molecule has 25 heavy (non-hydrogen) atoms. The number of benzene rings is 2. The molecule has 0 spiro atoms. The number of amides is 1. The van der Waals surface area contributed by atoms with Crippen LogP contribution in [-0.2, 0) is 11.0 Å². The van der Waals surface area contributed by atoms with Gasteiger partial charge in [-0.3, -0.25) is 9.10 Å². The third kappa shape index (κ3) is 3.05. The lowest BCUT2D eigenvalue weighted by Gasteiger charge is -2.17. The first-order valence-electron chi connectivity index (χ1n) is 8.27. The molecule has 1 unspecified atom stereocenters. The molecule has 2 heterocycles. The first kappa shape index (κ1) is 15.9. The Bertz CT molecular complexity index is 980. The molecule has 128 valence electrons. The molecule has 0 aliphatic carbocycles. The average molecular weight is 353 g/mol. The fourth-order valence-corrected chi connectivity index (χ4v) is 4.45. The summed E-state index contributed by atoms with van der Waals surface area (Å²) in [5.41, 5.74) is 4.16. The lowest BCUT2D eigenvalue weighted by atomic mass is 10.1. The average Bonchev–Trinajstić information content (AvgIpc) is 3.22. The molecule has 2 aromatic carbocycles. The number of hydrogen-bond donors (Lipinski definition) is 2. The number of carbonyl (C=O) groups is 1. The summed E-state index contributed by atoms with van der Waals surface area (Å²) < 4.78 is 13.9. The normalized spacial score (nSPS) is 17.2. The molecule has 2 N–H and O–H groups in total. The van der Waals surface area contributed by atoms with Crippen molar-refractivity contribution < 1.29 is 9.00 Å². The van der Waals surface area contributed by atoms with Gasteiger partial charge in [0.05, 0.1) is 0 Å². The van der Waals surface area contributed by atoms with E-state index < -0.39 is 11.0 Å². The van der Waals surface area contributed by atoms with Crippen LogP contribution in [0.3, 0.4) is 0 Å². The molecule has 1 amide bonds. The molecule has 1 aromatic heterocycles. The van der Waals surface area contributed by atoms with E-state index in [9.17, 15) is 9.00 Å². The number of aromatic amines is 1. The minimum atomic E-state index is -0.949. The van der Waals surface area contributed by atoms with Crippen molar-refractivity contribution >= 4 is 39.2 Å². The SMILES string of the molecule is Cc1cc(N2CCCS2=O)ccc1C(=O)Nc1ccc2cc[nH]c2c1. The van der Waals surface area contributed by atoms with Crippen LogP contribution in [0.5, 0.6) is 0 Å². The Hall–Kier alpha value is -2.60. The van der Waals surface area contributed by atoms with Crippen LogP contribution in [0.2, 0.25) is 0 Å². The highest BCUT2D eigenvalue weighted by molar-refractivity contribution is 7.86. The van der Waals surface area contributed by atoms with Gasteiger partial charge in [-0.2, -0.15) is 0 Å². The van der Waals surface area contributed by atoms with Crippen molar-refractivity contribution in [3.8, 4) is 0 Å². The number of nitrogens with zero attached hydrogens (tertiary/aromatic N) is 1. The number of aromatic nitrogens is 1. The van der Waals surface area contributed by atoms with E-state index in [1.807, 2.05) is 59.9 Å². The molecular formula is C19H19N3O2S. The summed E-state index contributed by atoms with van der Waals surface area (Å²) in [7, 11) is -0.949. The van der Waals surface area contributed by atoms with Crippen molar-refractivity contribution in [3.63, 3.8) is 0 Å². The first-order chi connectivity index (χ1) is 12.1. The zero-order valence-electron chi connectivity index (χ0n) is 13.9. The zero-order valence-corrected chi connectivity index (χ0v) is 14.7. The standard InChI is InChI=1S/C19H19N3O2S/c1-13-11-16(22-9-2-10-25(22)24)5-6-17(13)19(23)21-15-4-3-14-7-8-20-18(14)12-15/h3-8,11-12,20H,2,9-10H2,1H3,(H,21,23). The molecule has 6 heteroatoms. The van der Waals surface area contributed by atoms with Gasteiger partial charge < -0.3 is 10.3 Å². The quantitative estimate of drug-likeness (QED) is 0.755. The summed E-state index contributed by atoms with van der Waals surface area (Å²) in [6.07, 6.45) is 2.82. The van der Waals surface area contributed by atoms with Crippen LogP contribution in [0.4, 0.5) is 11.4 Å². The lowest BCUT2D eigenvalue weighted by Crippen LogP contribution is -2.20. The molecule has 0 bridgehead atoms. The van der Waals surface area contributed by atoms with Crippen LogP contribution in [0, 0.1) is 6.92 Å². The molecule has 1 fully saturated rings. The van der Waals surface area contributed by atoms with Gasteiger partial charge in [0.2, 0.25) is 0 Å². The minimum absolute atomic E-state index is 0.141. The van der Waals surface area contributed by atoms with Crippen LogP contribution in [0.15, 0.2) is 48.7 Å². The van der Waals surface area contributed by atoms with E-state index in [1.165, 1.54) is 0 Å². The van der Waals surface area contributed by atoms with Crippen LogP contribution >= 0.6 is 0 Å². The lowest BCUT2D eigenvalue weighted by molar-refractivity contribution is 0.102.